The van der Waals surface area contributed by atoms with Gasteiger partial charge in [0.2, 0.25) is 11.9 Å². The predicted molar refractivity (Wildman–Crippen MR) is 133 cm³/mol. The molecule has 1 fully saturated rings. The van der Waals surface area contributed by atoms with Crippen LogP contribution in [0.4, 0.5) is 11.9 Å². The Morgan fingerprint density at radius 1 is 1.06 bits per heavy atom. The smallest absolute Gasteiger partial charge is 0.230 e. The van der Waals surface area contributed by atoms with E-state index in [1.54, 1.807) is 0 Å². The zero-order chi connectivity index (χ0) is 22.5. The van der Waals surface area contributed by atoms with E-state index in [1.807, 2.05) is 10.7 Å². The van der Waals surface area contributed by atoms with Gasteiger partial charge in [0, 0.05) is 48.3 Å². The van der Waals surface area contributed by atoms with E-state index >= 15 is 0 Å². The van der Waals surface area contributed by atoms with Gasteiger partial charge in [-0.15, -0.1) is 0 Å². The summed E-state index contributed by atoms with van der Waals surface area (Å²) < 4.78 is 4.29. The SMILES string of the molecule is CC(C)c1cnn2c(N[C@@H]3CCc4c(c5ccccc5n4C)C3)nc(N3CCCCC3)nc12. The van der Waals surface area contributed by atoms with Crippen molar-refractivity contribution in [2.45, 2.75) is 64.3 Å². The van der Waals surface area contributed by atoms with Crippen LogP contribution in [0.1, 0.15) is 62.3 Å². The van der Waals surface area contributed by atoms with Crippen LogP contribution in [0.5, 0.6) is 0 Å². The van der Waals surface area contributed by atoms with Gasteiger partial charge in [-0.05, 0) is 56.1 Å². The van der Waals surface area contributed by atoms with Gasteiger partial charge in [-0.25, -0.2) is 0 Å². The molecule has 7 nitrogen and oxygen atoms in total. The van der Waals surface area contributed by atoms with Crippen LogP contribution in [0.2, 0.25) is 0 Å². The van der Waals surface area contributed by atoms with Crippen molar-refractivity contribution in [3.05, 3.63) is 47.3 Å². The first kappa shape index (κ1) is 20.5. The van der Waals surface area contributed by atoms with Gasteiger partial charge in [0.05, 0.1) is 6.20 Å². The number of hydrogen-bond donors (Lipinski definition) is 1. The van der Waals surface area contributed by atoms with Gasteiger partial charge < -0.3 is 14.8 Å². The fourth-order valence-corrected chi connectivity index (χ4v) is 5.66. The largest absolute Gasteiger partial charge is 0.351 e. The zero-order valence-corrected chi connectivity index (χ0v) is 19.9. The monoisotopic (exact) mass is 443 g/mol. The molecule has 7 heteroatoms. The van der Waals surface area contributed by atoms with Gasteiger partial charge in [0.25, 0.3) is 0 Å². The first-order chi connectivity index (χ1) is 16.1. The standard InChI is InChI=1S/C26H33N7/c1-17(2)21-16-27-33-24(21)29-25(32-13-7-4-8-14-32)30-26(33)28-18-11-12-23-20(15-18)19-9-5-6-10-22(19)31(23)3/h5-6,9-10,16-18H,4,7-8,11-15H2,1-3H3,(H,28,29,30)/t18-/m1/s1. The number of nitrogens with zero attached hydrogens (tertiary/aromatic N) is 6. The van der Waals surface area contributed by atoms with Crippen LogP contribution in [0.15, 0.2) is 30.5 Å². The number of benzene rings is 1. The summed E-state index contributed by atoms with van der Waals surface area (Å²) in [6.45, 7) is 6.47. The Kier molecular flexibility index (Phi) is 5.00. The molecule has 172 valence electrons. The highest BCUT2D eigenvalue weighted by atomic mass is 15.4. The summed E-state index contributed by atoms with van der Waals surface area (Å²) in [6.07, 6.45) is 8.83. The number of para-hydroxylation sites is 1. The molecule has 2 aliphatic rings. The summed E-state index contributed by atoms with van der Waals surface area (Å²) in [6, 6.07) is 9.09. The van der Waals surface area contributed by atoms with Crippen molar-refractivity contribution in [1.82, 2.24) is 24.1 Å². The van der Waals surface area contributed by atoms with Crippen molar-refractivity contribution in [3.63, 3.8) is 0 Å². The molecule has 0 bridgehead atoms. The van der Waals surface area contributed by atoms with Crippen molar-refractivity contribution in [3.8, 4) is 0 Å². The van der Waals surface area contributed by atoms with Crippen LogP contribution < -0.4 is 10.2 Å². The molecule has 1 aromatic carbocycles. The quantitative estimate of drug-likeness (QED) is 0.495. The first-order valence-corrected chi connectivity index (χ1v) is 12.4. The Balaban J connectivity index is 1.37. The zero-order valence-electron chi connectivity index (χ0n) is 19.9. The minimum absolute atomic E-state index is 0.322. The Labute approximate surface area is 194 Å². The molecule has 6 rings (SSSR count). The van der Waals surface area contributed by atoms with Gasteiger partial charge >= 0.3 is 0 Å². The van der Waals surface area contributed by atoms with Crippen molar-refractivity contribution in [2.24, 2.45) is 7.05 Å². The molecule has 4 heterocycles. The lowest BCUT2D eigenvalue weighted by molar-refractivity contribution is 0.564. The lowest BCUT2D eigenvalue weighted by Gasteiger charge is -2.28. The molecular weight excluding hydrogens is 410 g/mol. The van der Waals surface area contributed by atoms with E-state index in [0.717, 1.165) is 49.9 Å². The van der Waals surface area contributed by atoms with Crippen molar-refractivity contribution >= 4 is 28.4 Å². The summed E-state index contributed by atoms with van der Waals surface area (Å²) >= 11 is 0. The lowest BCUT2D eigenvalue weighted by Crippen LogP contribution is -2.33. The number of piperidine rings is 1. The molecule has 0 amide bonds. The van der Waals surface area contributed by atoms with E-state index in [-0.39, 0.29) is 0 Å². The van der Waals surface area contributed by atoms with Gasteiger partial charge in [-0.1, -0.05) is 32.0 Å². The van der Waals surface area contributed by atoms with Gasteiger partial charge in [-0.3, -0.25) is 0 Å². The number of fused-ring (bicyclic) bond motifs is 4. The number of aromatic nitrogens is 5. The third-order valence-electron chi connectivity index (χ3n) is 7.50. The molecule has 33 heavy (non-hydrogen) atoms. The van der Waals surface area contributed by atoms with E-state index in [0.29, 0.717) is 12.0 Å². The molecule has 1 N–H and O–H groups in total. The molecule has 0 unspecified atom stereocenters. The minimum atomic E-state index is 0.322. The van der Waals surface area contributed by atoms with Gasteiger partial charge in [-0.2, -0.15) is 19.6 Å². The molecule has 1 saturated heterocycles. The molecule has 0 radical (unpaired) electrons. The first-order valence-electron chi connectivity index (χ1n) is 12.4. The van der Waals surface area contributed by atoms with E-state index in [1.165, 1.54) is 47.0 Å². The maximum absolute atomic E-state index is 5.01. The topological polar surface area (TPSA) is 63.3 Å². The second-order valence-electron chi connectivity index (χ2n) is 9.97. The fraction of sp³-hybridized carbons (Fsp3) is 0.500. The van der Waals surface area contributed by atoms with Crippen LogP contribution in [0, 0.1) is 0 Å². The van der Waals surface area contributed by atoms with E-state index in [2.05, 4.69) is 59.9 Å². The number of nitrogens with one attached hydrogen (secondary N) is 1. The maximum atomic E-state index is 5.01. The highest BCUT2D eigenvalue weighted by Gasteiger charge is 2.26. The molecule has 3 aromatic heterocycles. The highest BCUT2D eigenvalue weighted by Crippen LogP contribution is 2.33. The Morgan fingerprint density at radius 2 is 1.88 bits per heavy atom. The Morgan fingerprint density at radius 3 is 2.70 bits per heavy atom. The third-order valence-corrected chi connectivity index (χ3v) is 7.50. The highest BCUT2D eigenvalue weighted by molar-refractivity contribution is 5.86. The summed E-state index contributed by atoms with van der Waals surface area (Å²) in [5.74, 6) is 2.03. The lowest BCUT2D eigenvalue weighted by atomic mass is 9.91. The maximum Gasteiger partial charge on any atom is 0.230 e. The number of hydrogen-bond acceptors (Lipinski definition) is 5. The van der Waals surface area contributed by atoms with Crippen molar-refractivity contribution < 1.29 is 0 Å². The summed E-state index contributed by atoms with van der Waals surface area (Å²) in [7, 11) is 2.20. The van der Waals surface area contributed by atoms with Crippen molar-refractivity contribution in [2.75, 3.05) is 23.3 Å². The van der Waals surface area contributed by atoms with Crippen LogP contribution in [-0.2, 0) is 19.9 Å². The number of aryl methyl sites for hydroxylation is 1. The molecule has 1 atom stereocenters. The van der Waals surface area contributed by atoms with Gasteiger partial charge in [0.1, 0.15) is 0 Å². The Bertz CT molecular complexity index is 1310. The average molecular weight is 444 g/mol. The molecular formula is C26H33N7. The van der Waals surface area contributed by atoms with Gasteiger partial charge in [0.15, 0.2) is 5.65 Å². The second kappa shape index (κ2) is 8.04. The molecule has 1 aliphatic carbocycles. The Hall–Kier alpha value is -3.09. The third kappa shape index (κ3) is 3.45. The molecule has 0 saturated carbocycles. The van der Waals surface area contributed by atoms with Crippen molar-refractivity contribution in [1.29, 1.82) is 0 Å². The average Bonchev–Trinajstić information content (AvgIpc) is 3.40. The second-order valence-corrected chi connectivity index (χ2v) is 9.97. The summed E-state index contributed by atoms with van der Waals surface area (Å²) in [4.78, 5) is 12.3. The molecule has 1 aliphatic heterocycles. The van der Waals surface area contributed by atoms with Crippen LogP contribution in [-0.4, -0.2) is 43.3 Å². The minimum Gasteiger partial charge on any atom is -0.351 e. The fourth-order valence-electron chi connectivity index (χ4n) is 5.66. The predicted octanol–water partition coefficient (Wildman–Crippen LogP) is 4.70. The summed E-state index contributed by atoms with van der Waals surface area (Å²) in [5, 5.41) is 9.86. The summed E-state index contributed by atoms with van der Waals surface area (Å²) in [5.41, 5.74) is 6.39. The van der Waals surface area contributed by atoms with Crippen LogP contribution in [0.3, 0.4) is 0 Å². The number of rotatable bonds is 4. The van der Waals surface area contributed by atoms with E-state index in [9.17, 15) is 0 Å². The molecule has 0 spiro atoms. The van der Waals surface area contributed by atoms with Crippen LogP contribution in [0.25, 0.3) is 16.6 Å². The van der Waals surface area contributed by atoms with Crippen LogP contribution >= 0.6 is 0 Å². The normalized spacial score (nSPS) is 18.9. The van der Waals surface area contributed by atoms with E-state index in [4.69, 9.17) is 15.1 Å². The van der Waals surface area contributed by atoms with E-state index < -0.39 is 0 Å². The number of anilines is 2. The molecule has 4 aromatic rings.